The molecule has 0 amide bonds. The molecule has 0 atom stereocenters. The normalized spacial score (nSPS) is 15.3. The Labute approximate surface area is 97.3 Å². The van der Waals surface area contributed by atoms with Crippen molar-refractivity contribution >= 4 is 5.97 Å². The number of benzene rings is 1. The van der Waals surface area contributed by atoms with Gasteiger partial charge in [-0.1, -0.05) is 50.1 Å². The maximum Gasteiger partial charge on any atom is 0.306 e. The van der Waals surface area contributed by atoms with Gasteiger partial charge in [0.25, 0.3) is 0 Å². The molecular formula is C14H20O2. The Morgan fingerprint density at radius 1 is 1.25 bits per heavy atom. The zero-order valence-electron chi connectivity index (χ0n) is 9.86. The maximum absolute atomic E-state index is 10.2. The van der Waals surface area contributed by atoms with Crippen LogP contribution in [-0.2, 0) is 11.2 Å². The molecule has 2 nitrogen and oxygen atoms in total. The molecule has 0 spiro atoms. The summed E-state index contributed by atoms with van der Waals surface area (Å²) in [6.45, 7) is 2.16. The van der Waals surface area contributed by atoms with Crippen LogP contribution in [-0.4, -0.2) is 11.1 Å². The highest BCUT2D eigenvalue weighted by molar-refractivity contribution is 5.70. The lowest BCUT2D eigenvalue weighted by Gasteiger charge is -1.97. The van der Waals surface area contributed by atoms with Gasteiger partial charge in [-0.15, -0.1) is 0 Å². The molecule has 1 aliphatic carbocycles. The molecule has 88 valence electrons. The standard InChI is InChI=1S/C8H10.C6H10O2/c1-2-8-6-4-3-5-7-8;7-6(8)5-3-1-2-4-5/h3-7H,2H2,1H3;5H,1-4H2,(H,7,8). The molecule has 1 saturated carbocycles. The van der Waals surface area contributed by atoms with Crippen LogP contribution in [0.4, 0.5) is 0 Å². The van der Waals surface area contributed by atoms with Crippen LogP contribution in [0, 0.1) is 5.92 Å². The third-order valence-corrected chi connectivity index (χ3v) is 2.96. The van der Waals surface area contributed by atoms with Gasteiger partial charge in [0.05, 0.1) is 5.92 Å². The SMILES string of the molecule is CCc1ccccc1.O=C(O)C1CCCC1. The minimum absolute atomic E-state index is 0.0185. The summed E-state index contributed by atoms with van der Waals surface area (Å²) in [6.07, 6.45) is 5.15. The molecule has 0 saturated heterocycles. The highest BCUT2D eigenvalue weighted by atomic mass is 16.4. The van der Waals surface area contributed by atoms with Crippen LogP contribution in [0.2, 0.25) is 0 Å². The molecule has 1 fully saturated rings. The number of hydrogen-bond donors (Lipinski definition) is 1. The van der Waals surface area contributed by atoms with E-state index in [2.05, 4.69) is 31.2 Å². The van der Waals surface area contributed by atoms with Gasteiger partial charge in [-0.25, -0.2) is 0 Å². The fourth-order valence-electron chi connectivity index (χ4n) is 1.89. The first-order chi connectivity index (χ1) is 7.74. The second-order valence-corrected chi connectivity index (χ2v) is 4.16. The van der Waals surface area contributed by atoms with E-state index in [1.807, 2.05) is 6.07 Å². The van der Waals surface area contributed by atoms with Crippen molar-refractivity contribution in [2.24, 2.45) is 5.92 Å². The monoisotopic (exact) mass is 220 g/mol. The Bertz CT molecular complexity index is 300. The summed E-state index contributed by atoms with van der Waals surface area (Å²) >= 11 is 0. The van der Waals surface area contributed by atoms with E-state index in [0.29, 0.717) is 0 Å². The molecule has 16 heavy (non-hydrogen) atoms. The summed E-state index contributed by atoms with van der Waals surface area (Å²) in [4.78, 5) is 10.2. The van der Waals surface area contributed by atoms with Gasteiger partial charge in [-0.05, 0) is 24.8 Å². The molecule has 0 aliphatic heterocycles. The van der Waals surface area contributed by atoms with Gasteiger partial charge in [-0.3, -0.25) is 4.79 Å². The van der Waals surface area contributed by atoms with Gasteiger partial charge in [0.2, 0.25) is 0 Å². The van der Waals surface area contributed by atoms with Crippen LogP contribution >= 0.6 is 0 Å². The van der Waals surface area contributed by atoms with Crippen LogP contribution in [0.25, 0.3) is 0 Å². The van der Waals surface area contributed by atoms with E-state index in [1.165, 1.54) is 5.56 Å². The van der Waals surface area contributed by atoms with Crippen LogP contribution in [0.1, 0.15) is 38.2 Å². The van der Waals surface area contributed by atoms with Crippen molar-refractivity contribution < 1.29 is 9.90 Å². The van der Waals surface area contributed by atoms with Gasteiger partial charge < -0.3 is 5.11 Å². The molecule has 0 radical (unpaired) electrons. The molecule has 1 aromatic rings. The minimum Gasteiger partial charge on any atom is -0.481 e. The number of carboxylic acids is 1. The first kappa shape index (κ1) is 12.8. The Hall–Kier alpha value is -1.31. The summed E-state index contributed by atoms with van der Waals surface area (Å²) in [5, 5.41) is 8.41. The quantitative estimate of drug-likeness (QED) is 0.828. The Morgan fingerprint density at radius 3 is 2.12 bits per heavy atom. The van der Waals surface area contributed by atoms with E-state index < -0.39 is 5.97 Å². The lowest BCUT2D eigenvalue weighted by molar-refractivity contribution is -0.141. The Balaban J connectivity index is 0.000000160. The van der Waals surface area contributed by atoms with E-state index in [-0.39, 0.29) is 5.92 Å². The molecule has 0 unspecified atom stereocenters. The molecule has 0 heterocycles. The van der Waals surface area contributed by atoms with Crippen molar-refractivity contribution in [2.75, 3.05) is 0 Å². The second kappa shape index (κ2) is 7.04. The molecule has 0 bridgehead atoms. The van der Waals surface area contributed by atoms with E-state index in [1.54, 1.807) is 0 Å². The maximum atomic E-state index is 10.2. The first-order valence-corrected chi connectivity index (χ1v) is 6.00. The summed E-state index contributed by atoms with van der Waals surface area (Å²) in [5.41, 5.74) is 1.41. The fraction of sp³-hybridized carbons (Fsp3) is 0.500. The topological polar surface area (TPSA) is 37.3 Å². The highest BCUT2D eigenvalue weighted by Gasteiger charge is 2.20. The highest BCUT2D eigenvalue weighted by Crippen LogP contribution is 2.24. The van der Waals surface area contributed by atoms with Crippen molar-refractivity contribution in [3.05, 3.63) is 35.9 Å². The van der Waals surface area contributed by atoms with Crippen molar-refractivity contribution in [3.8, 4) is 0 Å². The largest absolute Gasteiger partial charge is 0.481 e. The number of rotatable bonds is 2. The zero-order chi connectivity index (χ0) is 11.8. The molecule has 1 aliphatic rings. The molecule has 1 N–H and O–H groups in total. The predicted octanol–water partition coefficient (Wildman–Crippen LogP) is 3.51. The lowest BCUT2D eigenvalue weighted by atomic mass is 10.1. The summed E-state index contributed by atoms with van der Waals surface area (Å²) < 4.78 is 0. The van der Waals surface area contributed by atoms with Gasteiger partial charge in [0, 0.05) is 0 Å². The van der Waals surface area contributed by atoms with Gasteiger partial charge in [-0.2, -0.15) is 0 Å². The molecule has 0 aromatic heterocycles. The number of aliphatic carboxylic acids is 1. The molecule has 1 aromatic carbocycles. The Kier molecular flexibility index (Phi) is 5.62. The van der Waals surface area contributed by atoms with Gasteiger partial charge in [0.1, 0.15) is 0 Å². The van der Waals surface area contributed by atoms with Crippen molar-refractivity contribution in [1.29, 1.82) is 0 Å². The smallest absolute Gasteiger partial charge is 0.306 e. The average molecular weight is 220 g/mol. The fourth-order valence-corrected chi connectivity index (χ4v) is 1.89. The van der Waals surface area contributed by atoms with Crippen molar-refractivity contribution in [2.45, 2.75) is 39.0 Å². The van der Waals surface area contributed by atoms with E-state index in [4.69, 9.17) is 5.11 Å². The minimum atomic E-state index is -0.609. The van der Waals surface area contributed by atoms with Crippen LogP contribution in [0.3, 0.4) is 0 Å². The third kappa shape index (κ3) is 4.47. The van der Waals surface area contributed by atoms with E-state index >= 15 is 0 Å². The van der Waals surface area contributed by atoms with Gasteiger partial charge in [0.15, 0.2) is 0 Å². The number of aryl methyl sites for hydroxylation is 1. The molecular weight excluding hydrogens is 200 g/mol. The first-order valence-electron chi connectivity index (χ1n) is 6.00. The zero-order valence-corrected chi connectivity index (χ0v) is 9.86. The summed E-state index contributed by atoms with van der Waals surface area (Å²) in [5.74, 6) is -0.627. The molecule has 2 heteroatoms. The second-order valence-electron chi connectivity index (χ2n) is 4.16. The third-order valence-electron chi connectivity index (χ3n) is 2.96. The Morgan fingerprint density at radius 2 is 1.81 bits per heavy atom. The van der Waals surface area contributed by atoms with E-state index in [9.17, 15) is 4.79 Å². The predicted molar refractivity (Wildman–Crippen MR) is 65.4 cm³/mol. The summed E-state index contributed by atoms with van der Waals surface area (Å²) in [6, 6.07) is 10.5. The molecule has 2 rings (SSSR count). The van der Waals surface area contributed by atoms with Crippen LogP contribution < -0.4 is 0 Å². The van der Waals surface area contributed by atoms with E-state index in [0.717, 1.165) is 32.1 Å². The number of carboxylic acid groups (broad SMARTS) is 1. The van der Waals surface area contributed by atoms with Crippen molar-refractivity contribution in [3.63, 3.8) is 0 Å². The van der Waals surface area contributed by atoms with Gasteiger partial charge >= 0.3 is 5.97 Å². The van der Waals surface area contributed by atoms with Crippen LogP contribution in [0.15, 0.2) is 30.3 Å². The van der Waals surface area contributed by atoms with Crippen molar-refractivity contribution in [1.82, 2.24) is 0 Å². The summed E-state index contributed by atoms with van der Waals surface area (Å²) in [7, 11) is 0. The van der Waals surface area contributed by atoms with Crippen LogP contribution in [0.5, 0.6) is 0 Å². The lowest BCUT2D eigenvalue weighted by Crippen LogP contribution is -2.07. The number of carbonyl (C=O) groups is 1. The average Bonchev–Trinajstić information content (AvgIpc) is 2.85. The number of hydrogen-bond acceptors (Lipinski definition) is 1.